The fraction of sp³-hybridized carbons (Fsp3) is 0.235. The molecule has 0 fully saturated rings. The lowest BCUT2D eigenvalue weighted by molar-refractivity contribution is -0.136. The van der Waals surface area contributed by atoms with E-state index in [4.69, 9.17) is 16.3 Å². The molecule has 26 heavy (non-hydrogen) atoms. The number of nitrogens with zero attached hydrogens (tertiary/aromatic N) is 3. The highest BCUT2D eigenvalue weighted by atomic mass is 79.9. The largest absolute Gasteiger partial charge is 0.466 e. The third-order valence-electron chi connectivity index (χ3n) is 3.96. The predicted octanol–water partition coefficient (Wildman–Crippen LogP) is 3.13. The molecular weight excluding hydrogens is 427 g/mol. The summed E-state index contributed by atoms with van der Waals surface area (Å²) in [5.74, 6) is 0.0610. The van der Waals surface area contributed by atoms with Gasteiger partial charge in [0.2, 0.25) is 0 Å². The van der Waals surface area contributed by atoms with Gasteiger partial charge in [0.15, 0.2) is 11.7 Å². The maximum Gasteiger partial charge on any atom is 0.338 e. The van der Waals surface area contributed by atoms with Gasteiger partial charge in [0.1, 0.15) is 11.9 Å². The number of allylic oxidation sites excluding steroid dienone is 1. The molecule has 0 saturated heterocycles. The second-order valence-electron chi connectivity index (χ2n) is 5.55. The first-order valence-corrected chi connectivity index (χ1v) is 9.11. The minimum atomic E-state index is -0.754. The van der Waals surface area contributed by atoms with Crippen molar-refractivity contribution in [2.45, 2.75) is 6.04 Å². The number of hydrogen-bond donors (Lipinski definition) is 1. The average Bonchev–Trinajstić information content (AvgIpc) is 3.06. The van der Waals surface area contributed by atoms with Crippen molar-refractivity contribution in [2.24, 2.45) is 12.0 Å². The SMILES string of the molecule is COC(=O)C1=C(CBr)NC(c2nccn2C)=NC1c1ccc(F)cc1Cl. The number of aryl methyl sites for hydroxylation is 1. The van der Waals surface area contributed by atoms with Crippen LogP contribution >= 0.6 is 27.5 Å². The van der Waals surface area contributed by atoms with Crippen LogP contribution in [0.3, 0.4) is 0 Å². The lowest BCUT2D eigenvalue weighted by Gasteiger charge is -2.27. The number of hydrogen-bond acceptors (Lipinski definition) is 5. The molecule has 1 aromatic heterocycles. The molecule has 0 saturated carbocycles. The van der Waals surface area contributed by atoms with Crippen LogP contribution in [0.2, 0.25) is 5.02 Å². The zero-order chi connectivity index (χ0) is 18.8. The van der Waals surface area contributed by atoms with Crippen LogP contribution in [-0.4, -0.2) is 33.8 Å². The van der Waals surface area contributed by atoms with Crippen molar-refractivity contribution in [1.29, 1.82) is 0 Å². The number of esters is 1. The number of nitrogens with one attached hydrogen (secondary N) is 1. The van der Waals surface area contributed by atoms with Crippen LogP contribution in [0.5, 0.6) is 0 Å². The number of carbonyl (C=O) groups is 1. The van der Waals surface area contributed by atoms with Crippen molar-refractivity contribution in [3.8, 4) is 0 Å². The summed E-state index contributed by atoms with van der Waals surface area (Å²) in [6.45, 7) is 0. The van der Waals surface area contributed by atoms with E-state index >= 15 is 0 Å². The maximum atomic E-state index is 13.5. The Morgan fingerprint density at radius 1 is 1.50 bits per heavy atom. The number of methoxy groups -OCH3 is 1. The van der Waals surface area contributed by atoms with Crippen LogP contribution in [0.25, 0.3) is 0 Å². The van der Waals surface area contributed by atoms with Gasteiger partial charge in [-0.2, -0.15) is 0 Å². The van der Waals surface area contributed by atoms with E-state index in [1.165, 1.54) is 25.3 Å². The van der Waals surface area contributed by atoms with Gasteiger partial charge in [-0.15, -0.1) is 0 Å². The number of amidine groups is 1. The van der Waals surface area contributed by atoms with Gasteiger partial charge in [0.05, 0.1) is 12.7 Å². The van der Waals surface area contributed by atoms with Gasteiger partial charge in [-0.3, -0.25) is 4.99 Å². The molecule has 1 aliphatic rings. The minimum absolute atomic E-state index is 0.176. The fourth-order valence-electron chi connectivity index (χ4n) is 2.71. The van der Waals surface area contributed by atoms with Gasteiger partial charge in [-0.25, -0.2) is 14.2 Å². The standard InChI is InChI=1S/C17H15BrClFN4O2/c1-24-6-5-21-16(24)15-22-12(8-18)13(17(25)26-2)14(23-15)10-4-3-9(20)7-11(10)19/h3-7,14H,8H2,1-2H3,(H,22,23). The van der Waals surface area contributed by atoms with Crippen LogP contribution in [0, 0.1) is 5.82 Å². The highest BCUT2D eigenvalue weighted by Crippen LogP contribution is 2.36. The number of aromatic nitrogens is 2. The van der Waals surface area contributed by atoms with Crippen LogP contribution in [0.15, 0.2) is 46.9 Å². The van der Waals surface area contributed by atoms with Crippen molar-refractivity contribution in [1.82, 2.24) is 14.9 Å². The summed E-state index contributed by atoms with van der Waals surface area (Å²) < 4.78 is 20.2. The molecule has 0 aliphatic carbocycles. The number of carbonyl (C=O) groups excluding carboxylic acids is 1. The van der Waals surface area contributed by atoms with E-state index in [1.54, 1.807) is 17.0 Å². The summed E-state index contributed by atoms with van der Waals surface area (Å²) in [6, 6.07) is 3.23. The lowest BCUT2D eigenvalue weighted by Crippen LogP contribution is -2.35. The first-order chi connectivity index (χ1) is 12.5. The van der Waals surface area contributed by atoms with E-state index in [0.29, 0.717) is 33.8 Å². The van der Waals surface area contributed by atoms with Crippen molar-refractivity contribution in [3.05, 3.63) is 64.1 Å². The van der Waals surface area contributed by atoms with Crippen LogP contribution in [0.1, 0.15) is 17.4 Å². The molecule has 6 nitrogen and oxygen atoms in total. The van der Waals surface area contributed by atoms with Gasteiger partial charge >= 0.3 is 5.97 Å². The number of halogens is 3. The topological polar surface area (TPSA) is 68.5 Å². The Hall–Kier alpha value is -2.19. The zero-order valence-electron chi connectivity index (χ0n) is 14.0. The molecule has 0 spiro atoms. The molecule has 0 bridgehead atoms. The third-order valence-corrected chi connectivity index (χ3v) is 4.84. The Kier molecular flexibility index (Phi) is 5.43. The normalized spacial score (nSPS) is 17.0. The predicted molar refractivity (Wildman–Crippen MR) is 99.9 cm³/mol. The summed E-state index contributed by atoms with van der Waals surface area (Å²) in [7, 11) is 3.13. The Labute approximate surface area is 162 Å². The molecule has 1 atom stereocenters. The summed E-state index contributed by atoms with van der Waals surface area (Å²) in [5.41, 5.74) is 1.38. The molecule has 1 aromatic carbocycles. The van der Waals surface area contributed by atoms with Crippen LogP contribution in [0.4, 0.5) is 4.39 Å². The number of ether oxygens (including phenoxy) is 1. The second kappa shape index (κ2) is 7.59. The van der Waals surface area contributed by atoms with Crippen molar-refractivity contribution in [2.75, 3.05) is 12.4 Å². The average molecular weight is 442 g/mol. The number of aliphatic imine (C=N–C) groups is 1. The van der Waals surface area contributed by atoms with Gasteiger partial charge in [-0.1, -0.05) is 33.6 Å². The third kappa shape index (κ3) is 3.39. The quantitative estimate of drug-likeness (QED) is 0.585. The Morgan fingerprint density at radius 3 is 2.85 bits per heavy atom. The van der Waals surface area contributed by atoms with Crippen molar-refractivity contribution >= 4 is 39.3 Å². The lowest BCUT2D eigenvalue weighted by atomic mass is 9.96. The number of benzene rings is 1. The molecule has 2 aromatic rings. The molecule has 9 heteroatoms. The van der Waals surface area contributed by atoms with Gasteiger partial charge in [-0.05, 0) is 12.1 Å². The summed E-state index contributed by atoms with van der Waals surface area (Å²) >= 11 is 9.62. The highest BCUT2D eigenvalue weighted by molar-refractivity contribution is 9.09. The highest BCUT2D eigenvalue weighted by Gasteiger charge is 2.33. The first kappa shape index (κ1) is 18.6. The molecule has 1 unspecified atom stereocenters. The molecule has 3 rings (SSSR count). The molecule has 1 N–H and O–H groups in total. The molecule has 0 amide bonds. The van der Waals surface area contributed by atoms with E-state index < -0.39 is 17.8 Å². The van der Waals surface area contributed by atoms with Gasteiger partial charge in [0, 0.05) is 41.1 Å². The molecule has 1 aliphatic heterocycles. The summed E-state index contributed by atoms with van der Waals surface area (Å²) in [5, 5.41) is 3.66. The van der Waals surface area contributed by atoms with Crippen molar-refractivity contribution < 1.29 is 13.9 Å². The maximum absolute atomic E-state index is 13.5. The Bertz CT molecular complexity index is 925. The molecular formula is C17H15BrClFN4O2. The molecule has 136 valence electrons. The van der Waals surface area contributed by atoms with Gasteiger partial charge < -0.3 is 14.6 Å². The smallest absolute Gasteiger partial charge is 0.338 e. The van der Waals surface area contributed by atoms with E-state index in [0.717, 1.165) is 0 Å². The number of imidazole rings is 1. The van der Waals surface area contributed by atoms with E-state index in [2.05, 4.69) is 31.2 Å². The van der Waals surface area contributed by atoms with Crippen LogP contribution < -0.4 is 5.32 Å². The summed E-state index contributed by atoms with van der Waals surface area (Å²) in [6.07, 6.45) is 3.43. The molecule has 2 heterocycles. The number of alkyl halides is 1. The van der Waals surface area contributed by atoms with E-state index in [-0.39, 0.29) is 5.02 Å². The Balaban J connectivity index is 2.19. The van der Waals surface area contributed by atoms with E-state index in [9.17, 15) is 9.18 Å². The van der Waals surface area contributed by atoms with E-state index in [1.807, 2.05) is 7.05 Å². The summed E-state index contributed by atoms with van der Waals surface area (Å²) in [4.78, 5) is 21.3. The van der Waals surface area contributed by atoms with Gasteiger partial charge in [0.25, 0.3) is 0 Å². The minimum Gasteiger partial charge on any atom is -0.466 e. The zero-order valence-corrected chi connectivity index (χ0v) is 16.3. The number of rotatable bonds is 4. The van der Waals surface area contributed by atoms with Crippen LogP contribution in [-0.2, 0) is 16.6 Å². The second-order valence-corrected chi connectivity index (χ2v) is 6.52. The Morgan fingerprint density at radius 2 is 2.27 bits per heavy atom. The molecule has 0 radical (unpaired) electrons. The first-order valence-electron chi connectivity index (χ1n) is 7.61. The van der Waals surface area contributed by atoms with Crippen molar-refractivity contribution in [3.63, 3.8) is 0 Å². The monoisotopic (exact) mass is 440 g/mol. The fourth-order valence-corrected chi connectivity index (χ4v) is 3.42.